The van der Waals surface area contributed by atoms with Crippen molar-refractivity contribution in [1.29, 1.82) is 5.26 Å². The van der Waals surface area contributed by atoms with Crippen LogP contribution in [0.2, 0.25) is 0 Å². The topological polar surface area (TPSA) is 60.7 Å². The molecule has 0 aliphatic carbocycles. The smallest absolute Gasteiger partial charge is 0.144 e. The lowest BCUT2D eigenvalue weighted by Crippen LogP contribution is -2.17. The van der Waals surface area contributed by atoms with Crippen LogP contribution in [0.1, 0.15) is 24.6 Å². The summed E-state index contributed by atoms with van der Waals surface area (Å²) in [5, 5.41) is 15.3. The third-order valence-corrected chi connectivity index (χ3v) is 2.23. The van der Waals surface area contributed by atoms with E-state index < -0.39 is 0 Å². The zero-order valence-corrected chi connectivity index (χ0v) is 9.88. The van der Waals surface area contributed by atoms with E-state index in [0.717, 1.165) is 31.7 Å². The Hall–Kier alpha value is -1.60. The van der Waals surface area contributed by atoms with E-state index in [2.05, 4.69) is 28.6 Å². The molecule has 0 bridgehead atoms. The van der Waals surface area contributed by atoms with Crippen molar-refractivity contribution >= 4 is 5.82 Å². The molecule has 0 unspecified atom stereocenters. The normalized spacial score (nSPS) is 9.81. The monoisotopic (exact) mass is 218 g/mol. The van der Waals surface area contributed by atoms with Gasteiger partial charge in [-0.3, -0.25) is 0 Å². The number of aryl methyl sites for hydroxylation is 1. The van der Waals surface area contributed by atoms with Crippen LogP contribution in [0.3, 0.4) is 0 Å². The number of hydrogen-bond acceptors (Lipinski definition) is 4. The Labute approximate surface area is 96.7 Å². The highest BCUT2D eigenvalue weighted by Gasteiger charge is 2.02. The summed E-state index contributed by atoms with van der Waals surface area (Å²) in [6.45, 7) is 6.82. The van der Waals surface area contributed by atoms with Crippen LogP contribution in [0.5, 0.6) is 0 Å². The molecule has 0 atom stereocenters. The molecule has 0 amide bonds. The van der Waals surface area contributed by atoms with Crippen molar-refractivity contribution in [2.45, 2.75) is 20.3 Å². The molecule has 0 aliphatic heterocycles. The Kier molecular flexibility index (Phi) is 5.30. The maximum atomic E-state index is 8.91. The van der Waals surface area contributed by atoms with E-state index in [1.54, 1.807) is 6.07 Å². The molecule has 0 saturated carbocycles. The van der Waals surface area contributed by atoms with E-state index in [4.69, 9.17) is 5.26 Å². The highest BCUT2D eigenvalue weighted by molar-refractivity contribution is 5.52. The predicted octanol–water partition coefficient (Wildman–Crippen LogP) is 1.67. The average Bonchev–Trinajstić information content (AvgIpc) is 2.29. The van der Waals surface area contributed by atoms with Crippen LogP contribution < -0.4 is 10.6 Å². The Bertz CT molecular complexity index is 368. The highest BCUT2D eigenvalue weighted by Crippen LogP contribution is 2.11. The van der Waals surface area contributed by atoms with Crippen LogP contribution in [0, 0.1) is 18.3 Å². The summed E-state index contributed by atoms with van der Waals surface area (Å²) in [4.78, 5) is 4.31. The van der Waals surface area contributed by atoms with Gasteiger partial charge in [0.1, 0.15) is 11.9 Å². The fourth-order valence-corrected chi connectivity index (χ4v) is 1.38. The molecule has 0 aliphatic rings. The van der Waals surface area contributed by atoms with Crippen LogP contribution in [0.4, 0.5) is 5.82 Å². The first-order valence-corrected chi connectivity index (χ1v) is 5.60. The predicted molar refractivity (Wildman–Crippen MR) is 65.3 cm³/mol. The first-order chi connectivity index (χ1) is 7.77. The van der Waals surface area contributed by atoms with E-state index >= 15 is 0 Å². The van der Waals surface area contributed by atoms with Gasteiger partial charge in [0.25, 0.3) is 0 Å². The lowest BCUT2D eigenvalue weighted by molar-refractivity contribution is 0.688. The second-order valence-electron chi connectivity index (χ2n) is 3.59. The quantitative estimate of drug-likeness (QED) is 0.713. The molecule has 1 aromatic heterocycles. The van der Waals surface area contributed by atoms with Gasteiger partial charge in [0.15, 0.2) is 0 Å². The summed E-state index contributed by atoms with van der Waals surface area (Å²) >= 11 is 0. The molecule has 0 fully saturated rings. The number of nitrogens with zero attached hydrogens (tertiary/aromatic N) is 2. The molecule has 2 N–H and O–H groups in total. The van der Waals surface area contributed by atoms with Gasteiger partial charge in [0.2, 0.25) is 0 Å². The molecule has 0 radical (unpaired) electrons. The molecule has 1 aromatic rings. The van der Waals surface area contributed by atoms with Crippen molar-refractivity contribution in [1.82, 2.24) is 10.3 Å². The zero-order valence-electron chi connectivity index (χ0n) is 9.88. The Morgan fingerprint density at radius 3 is 2.88 bits per heavy atom. The number of nitrogens with one attached hydrogen (secondary N) is 2. The van der Waals surface area contributed by atoms with Gasteiger partial charge < -0.3 is 10.6 Å². The van der Waals surface area contributed by atoms with Crippen LogP contribution in [-0.2, 0) is 0 Å². The van der Waals surface area contributed by atoms with Gasteiger partial charge in [-0.2, -0.15) is 5.26 Å². The first-order valence-electron chi connectivity index (χ1n) is 5.60. The molecule has 4 nitrogen and oxygen atoms in total. The minimum absolute atomic E-state index is 0.606. The maximum Gasteiger partial charge on any atom is 0.144 e. The van der Waals surface area contributed by atoms with Crippen molar-refractivity contribution in [2.75, 3.05) is 25.0 Å². The number of nitriles is 1. The minimum Gasteiger partial charge on any atom is -0.369 e. The Morgan fingerprint density at radius 2 is 2.19 bits per heavy atom. The second-order valence-corrected chi connectivity index (χ2v) is 3.59. The van der Waals surface area contributed by atoms with Gasteiger partial charge in [0.05, 0.1) is 5.56 Å². The van der Waals surface area contributed by atoms with Gasteiger partial charge in [-0.05, 0) is 38.6 Å². The van der Waals surface area contributed by atoms with Crippen molar-refractivity contribution in [3.05, 3.63) is 23.4 Å². The maximum absolute atomic E-state index is 8.91. The number of aromatic nitrogens is 1. The summed E-state index contributed by atoms with van der Waals surface area (Å²) < 4.78 is 0. The molecule has 0 aromatic carbocycles. The van der Waals surface area contributed by atoms with Gasteiger partial charge in [-0.1, -0.05) is 6.92 Å². The summed E-state index contributed by atoms with van der Waals surface area (Å²) in [5.74, 6) is 0.694. The number of pyridine rings is 1. The van der Waals surface area contributed by atoms with Crippen LogP contribution in [0.15, 0.2) is 12.1 Å². The lowest BCUT2D eigenvalue weighted by Gasteiger charge is -2.08. The van der Waals surface area contributed by atoms with E-state index in [-0.39, 0.29) is 0 Å². The summed E-state index contributed by atoms with van der Waals surface area (Å²) in [7, 11) is 0. The Balaban J connectivity index is 2.46. The minimum atomic E-state index is 0.606. The molecule has 0 spiro atoms. The van der Waals surface area contributed by atoms with Crippen molar-refractivity contribution in [3.8, 4) is 6.07 Å². The molecular formula is C12H18N4. The van der Waals surface area contributed by atoms with E-state index in [9.17, 15) is 0 Å². The molecular weight excluding hydrogens is 200 g/mol. The van der Waals surface area contributed by atoms with Crippen molar-refractivity contribution < 1.29 is 0 Å². The largest absolute Gasteiger partial charge is 0.369 e. The van der Waals surface area contributed by atoms with Gasteiger partial charge in [-0.25, -0.2) is 4.98 Å². The van der Waals surface area contributed by atoms with Crippen LogP contribution in [0.25, 0.3) is 0 Å². The van der Waals surface area contributed by atoms with Gasteiger partial charge in [-0.15, -0.1) is 0 Å². The number of anilines is 1. The molecule has 4 heteroatoms. The first kappa shape index (κ1) is 12.5. The van der Waals surface area contributed by atoms with E-state index in [1.807, 2.05) is 13.0 Å². The molecule has 86 valence electrons. The van der Waals surface area contributed by atoms with Crippen molar-refractivity contribution in [3.63, 3.8) is 0 Å². The van der Waals surface area contributed by atoms with Crippen molar-refractivity contribution in [2.24, 2.45) is 0 Å². The number of hydrogen-bond donors (Lipinski definition) is 2. The van der Waals surface area contributed by atoms with E-state index in [0.29, 0.717) is 11.4 Å². The highest BCUT2D eigenvalue weighted by atomic mass is 15.0. The summed E-state index contributed by atoms with van der Waals surface area (Å²) in [5.41, 5.74) is 1.53. The third-order valence-electron chi connectivity index (χ3n) is 2.23. The van der Waals surface area contributed by atoms with Crippen LogP contribution in [-0.4, -0.2) is 24.6 Å². The third kappa shape index (κ3) is 3.87. The average molecular weight is 218 g/mol. The Morgan fingerprint density at radius 1 is 1.38 bits per heavy atom. The second kappa shape index (κ2) is 6.81. The van der Waals surface area contributed by atoms with Crippen LogP contribution >= 0.6 is 0 Å². The van der Waals surface area contributed by atoms with Gasteiger partial charge >= 0.3 is 0 Å². The van der Waals surface area contributed by atoms with Gasteiger partial charge in [0, 0.05) is 12.2 Å². The lowest BCUT2D eigenvalue weighted by atomic mass is 10.2. The fraction of sp³-hybridized carbons (Fsp3) is 0.500. The number of rotatable bonds is 6. The summed E-state index contributed by atoms with van der Waals surface area (Å²) in [6, 6.07) is 5.78. The molecule has 1 heterocycles. The molecule has 16 heavy (non-hydrogen) atoms. The standard InChI is InChI=1S/C12H18N4/c1-3-14-7-4-8-15-12-11(9-13)6-5-10(2)16-12/h5-6,14H,3-4,7-8H2,1-2H3,(H,15,16). The molecule has 1 rings (SSSR count). The summed E-state index contributed by atoms with van der Waals surface area (Å²) in [6.07, 6.45) is 1.02. The van der Waals surface area contributed by atoms with E-state index in [1.165, 1.54) is 0 Å². The zero-order chi connectivity index (χ0) is 11.8. The fourth-order valence-electron chi connectivity index (χ4n) is 1.38. The SMILES string of the molecule is CCNCCCNc1nc(C)ccc1C#N. The molecule has 0 saturated heterocycles.